The zero-order valence-electron chi connectivity index (χ0n) is 11.0. The highest BCUT2D eigenvalue weighted by molar-refractivity contribution is 5.81. The molecule has 0 radical (unpaired) electrons. The number of piperidine rings is 1. The fourth-order valence-electron chi connectivity index (χ4n) is 2.18. The monoisotopic (exact) mass is 227 g/mol. The minimum absolute atomic E-state index is 0.0729. The smallest absolute Gasteiger partial charge is 0.239 e. The van der Waals surface area contributed by atoms with E-state index in [4.69, 9.17) is 0 Å². The third kappa shape index (κ3) is 3.76. The van der Waals surface area contributed by atoms with E-state index >= 15 is 0 Å². The van der Waals surface area contributed by atoms with E-state index in [1.807, 2.05) is 25.9 Å². The molecule has 1 aliphatic heterocycles. The van der Waals surface area contributed by atoms with Crippen molar-refractivity contribution in [1.29, 1.82) is 0 Å². The first kappa shape index (κ1) is 13.5. The number of likely N-dealkylation sites (tertiary alicyclic amines) is 1. The van der Waals surface area contributed by atoms with Gasteiger partial charge in [-0.25, -0.2) is 0 Å². The zero-order valence-corrected chi connectivity index (χ0v) is 11.0. The maximum atomic E-state index is 11.9. The van der Waals surface area contributed by atoms with Crippen molar-refractivity contribution in [3.8, 4) is 0 Å². The summed E-state index contributed by atoms with van der Waals surface area (Å²) in [5.41, 5.74) is 0. The summed E-state index contributed by atoms with van der Waals surface area (Å²) in [4.78, 5) is 16.1. The molecule has 0 aromatic rings. The summed E-state index contributed by atoms with van der Waals surface area (Å²) in [6.07, 6.45) is 2.42. The van der Waals surface area contributed by atoms with Gasteiger partial charge >= 0.3 is 0 Å². The van der Waals surface area contributed by atoms with E-state index in [-0.39, 0.29) is 11.9 Å². The molecule has 1 N–H and O–H groups in total. The molecule has 16 heavy (non-hydrogen) atoms. The van der Waals surface area contributed by atoms with E-state index in [9.17, 15) is 4.79 Å². The van der Waals surface area contributed by atoms with Crippen molar-refractivity contribution in [3.05, 3.63) is 0 Å². The van der Waals surface area contributed by atoms with Crippen LogP contribution in [0.4, 0.5) is 0 Å². The molecule has 1 rings (SSSR count). The average Bonchev–Trinajstić information content (AvgIpc) is 2.30. The third-order valence-corrected chi connectivity index (χ3v) is 3.55. The molecule has 1 atom stereocenters. The van der Waals surface area contributed by atoms with Crippen LogP contribution < -0.4 is 5.32 Å². The predicted octanol–water partition coefficient (Wildman–Crippen LogP) is 0.395. The molecule has 1 heterocycles. The Morgan fingerprint density at radius 1 is 1.50 bits per heavy atom. The van der Waals surface area contributed by atoms with Gasteiger partial charge in [-0.05, 0) is 52.9 Å². The number of amides is 1. The van der Waals surface area contributed by atoms with Crippen LogP contribution in [0, 0.1) is 5.92 Å². The molecule has 1 unspecified atom stereocenters. The Hall–Kier alpha value is -0.610. The van der Waals surface area contributed by atoms with Crippen molar-refractivity contribution >= 4 is 5.91 Å². The summed E-state index contributed by atoms with van der Waals surface area (Å²) in [7, 11) is 5.90. The Labute approximate surface area is 99.0 Å². The zero-order chi connectivity index (χ0) is 12.1. The van der Waals surface area contributed by atoms with Gasteiger partial charge < -0.3 is 15.1 Å². The van der Waals surface area contributed by atoms with Gasteiger partial charge in [-0.3, -0.25) is 4.79 Å². The van der Waals surface area contributed by atoms with Crippen molar-refractivity contribution in [1.82, 2.24) is 15.1 Å². The average molecular weight is 227 g/mol. The summed E-state index contributed by atoms with van der Waals surface area (Å²) >= 11 is 0. The molecule has 1 fully saturated rings. The van der Waals surface area contributed by atoms with Gasteiger partial charge in [0.25, 0.3) is 0 Å². The number of carbonyl (C=O) groups is 1. The van der Waals surface area contributed by atoms with Crippen molar-refractivity contribution in [2.75, 3.05) is 40.8 Å². The van der Waals surface area contributed by atoms with E-state index in [1.54, 1.807) is 0 Å². The molecule has 0 spiro atoms. The lowest BCUT2D eigenvalue weighted by Gasteiger charge is -2.32. The van der Waals surface area contributed by atoms with Crippen LogP contribution in [0.3, 0.4) is 0 Å². The largest absolute Gasteiger partial charge is 0.344 e. The van der Waals surface area contributed by atoms with E-state index in [0.29, 0.717) is 5.92 Å². The van der Waals surface area contributed by atoms with E-state index in [0.717, 1.165) is 19.6 Å². The highest BCUT2D eigenvalue weighted by Crippen LogP contribution is 2.16. The van der Waals surface area contributed by atoms with Crippen LogP contribution in [0.1, 0.15) is 19.8 Å². The van der Waals surface area contributed by atoms with Crippen molar-refractivity contribution < 1.29 is 4.79 Å². The Balaban J connectivity index is 2.33. The minimum atomic E-state index is -0.0729. The molecule has 4 nitrogen and oxygen atoms in total. The second-order valence-corrected chi connectivity index (χ2v) is 4.98. The first-order valence-electron chi connectivity index (χ1n) is 6.15. The molecule has 94 valence electrons. The molecular weight excluding hydrogens is 202 g/mol. The van der Waals surface area contributed by atoms with Crippen LogP contribution in [-0.2, 0) is 4.79 Å². The summed E-state index contributed by atoms with van der Waals surface area (Å²) in [6, 6.07) is -0.0729. The Morgan fingerprint density at radius 3 is 2.56 bits per heavy atom. The Morgan fingerprint density at radius 2 is 2.06 bits per heavy atom. The van der Waals surface area contributed by atoms with Gasteiger partial charge in [-0.15, -0.1) is 0 Å². The molecular formula is C12H25N3O. The van der Waals surface area contributed by atoms with Gasteiger partial charge in [-0.1, -0.05) is 0 Å². The van der Waals surface area contributed by atoms with Crippen molar-refractivity contribution in [2.45, 2.75) is 25.8 Å². The van der Waals surface area contributed by atoms with Crippen LogP contribution in [0.5, 0.6) is 0 Å². The number of nitrogens with zero attached hydrogens (tertiary/aromatic N) is 2. The fourth-order valence-corrected chi connectivity index (χ4v) is 2.18. The van der Waals surface area contributed by atoms with Crippen LogP contribution in [0.15, 0.2) is 0 Å². The number of rotatable bonds is 4. The summed E-state index contributed by atoms with van der Waals surface area (Å²) in [6.45, 7) is 5.13. The highest BCUT2D eigenvalue weighted by Gasteiger charge is 2.22. The molecule has 0 saturated carbocycles. The number of hydrogen-bond donors (Lipinski definition) is 1. The summed E-state index contributed by atoms with van der Waals surface area (Å²) < 4.78 is 0. The molecule has 1 aliphatic rings. The van der Waals surface area contributed by atoms with Crippen LogP contribution in [-0.4, -0.2) is 62.5 Å². The topological polar surface area (TPSA) is 35.6 Å². The number of hydrogen-bond acceptors (Lipinski definition) is 3. The van der Waals surface area contributed by atoms with Gasteiger partial charge in [0.05, 0.1) is 6.04 Å². The summed E-state index contributed by atoms with van der Waals surface area (Å²) in [5.74, 6) is 0.871. The first-order valence-corrected chi connectivity index (χ1v) is 6.15. The number of carbonyl (C=O) groups excluding carboxylic acids is 1. The quantitative estimate of drug-likeness (QED) is 0.755. The standard InChI is InChI=1S/C12H25N3O/c1-10(13-2)12(16)15(4)9-11-5-7-14(3)8-6-11/h10-11,13H,5-9H2,1-4H3. The van der Waals surface area contributed by atoms with Crippen LogP contribution in [0.2, 0.25) is 0 Å². The SMILES string of the molecule is CNC(C)C(=O)N(C)CC1CCN(C)CC1. The van der Waals surface area contributed by atoms with Crippen molar-refractivity contribution in [2.24, 2.45) is 5.92 Å². The third-order valence-electron chi connectivity index (χ3n) is 3.55. The highest BCUT2D eigenvalue weighted by atomic mass is 16.2. The molecule has 1 saturated heterocycles. The van der Waals surface area contributed by atoms with Crippen LogP contribution in [0.25, 0.3) is 0 Å². The fraction of sp³-hybridized carbons (Fsp3) is 0.917. The maximum absolute atomic E-state index is 11.9. The predicted molar refractivity (Wildman–Crippen MR) is 66.4 cm³/mol. The van der Waals surface area contributed by atoms with Gasteiger partial charge in [-0.2, -0.15) is 0 Å². The molecule has 4 heteroatoms. The van der Waals surface area contributed by atoms with Gasteiger partial charge in [0.2, 0.25) is 5.91 Å². The lowest BCUT2D eigenvalue weighted by molar-refractivity contribution is -0.132. The second kappa shape index (κ2) is 6.21. The minimum Gasteiger partial charge on any atom is -0.344 e. The lowest BCUT2D eigenvalue weighted by atomic mass is 9.96. The van der Waals surface area contributed by atoms with Gasteiger partial charge in [0.1, 0.15) is 0 Å². The van der Waals surface area contributed by atoms with Gasteiger partial charge in [0.15, 0.2) is 0 Å². The molecule has 0 aliphatic carbocycles. The van der Waals surface area contributed by atoms with Crippen LogP contribution >= 0.6 is 0 Å². The molecule has 0 aromatic carbocycles. The molecule has 1 amide bonds. The van der Waals surface area contributed by atoms with E-state index in [2.05, 4.69) is 17.3 Å². The second-order valence-electron chi connectivity index (χ2n) is 4.98. The van der Waals surface area contributed by atoms with E-state index in [1.165, 1.54) is 12.8 Å². The maximum Gasteiger partial charge on any atom is 0.239 e. The molecule has 0 aromatic heterocycles. The first-order chi connectivity index (χ1) is 7.54. The number of likely N-dealkylation sites (N-methyl/N-ethyl adjacent to an activating group) is 2. The van der Waals surface area contributed by atoms with Gasteiger partial charge in [0, 0.05) is 13.6 Å². The summed E-state index contributed by atoms with van der Waals surface area (Å²) in [5, 5.41) is 2.99. The van der Waals surface area contributed by atoms with E-state index < -0.39 is 0 Å². The van der Waals surface area contributed by atoms with Crippen molar-refractivity contribution in [3.63, 3.8) is 0 Å². The Bertz CT molecular complexity index is 224. The number of nitrogens with one attached hydrogen (secondary N) is 1. The molecule has 0 bridgehead atoms. The lowest BCUT2D eigenvalue weighted by Crippen LogP contribution is -2.44. The normalized spacial score (nSPS) is 20.8. The Kier molecular flexibility index (Phi) is 5.22.